The number of aromatic carboxylic acids is 2. The third kappa shape index (κ3) is 4.27. The van der Waals surface area contributed by atoms with Crippen LogP contribution in [0.5, 0.6) is 0 Å². The molecule has 0 aliphatic rings. The van der Waals surface area contributed by atoms with E-state index in [-0.39, 0.29) is 22.5 Å². The van der Waals surface area contributed by atoms with E-state index in [2.05, 4.69) is 21.8 Å². The van der Waals surface area contributed by atoms with Crippen LogP contribution in [0.1, 0.15) is 37.7 Å². The number of nitriles is 1. The number of hydrogen-bond acceptors (Lipinski definition) is 6. The Morgan fingerprint density at radius 3 is 2.50 bits per heavy atom. The molecule has 0 radical (unpaired) electrons. The number of carboxylic acids is 2. The molecule has 0 saturated carbocycles. The molecule has 10 heteroatoms. The Morgan fingerprint density at radius 1 is 1.06 bits per heavy atom. The Bertz CT molecular complexity index is 1740. The van der Waals surface area contributed by atoms with Gasteiger partial charge in [-0.15, -0.1) is 0 Å². The Kier molecular flexibility index (Phi) is 6.51. The van der Waals surface area contributed by atoms with Gasteiger partial charge in [-0.3, -0.25) is 14.3 Å². The molecule has 2 aromatic carbocycles. The number of hydrogen-bond donors (Lipinski definition) is 2. The molecule has 0 atom stereocenters. The second-order valence-electron chi connectivity index (χ2n) is 7.55. The van der Waals surface area contributed by atoms with Gasteiger partial charge in [0.2, 0.25) is 0 Å². The Hall–Kier alpha value is -4.99. The van der Waals surface area contributed by atoms with Crippen molar-refractivity contribution < 1.29 is 19.8 Å². The molecular weight excluding hydrogens is 484 g/mol. The first-order chi connectivity index (χ1) is 17.2. The molecule has 0 spiro atoms. The maximum Gasteiger partial charge on any atom is 0.338 e. The van der Waals surface area contributed by atoms with Crippen LogP contribution in [-0.4, -0.2) is 36.7 Å². The van der Waals surface area contributed by atoms with E-state index in [1.54, 1.807) is 31.2 Å². The van der Waals surface area contributed by atoms with Gasteiger partial charge in [0, 0.05) is 17.3 Å². The Balaban J connectivity index is 1.79. The highest BCUT2D eigenvalue weighted by Crippen LogP contribution is 2.34. The summed E-state index contributed by atoms with van der Waals surface area (Å²) in [5, 5.41) is 28.1. The van der Waals surface area contributed by atoms with E-state index in [0.29, 0.717) is 28.0 Å². The van der Waals surface area contributed by atoms with Crippen LogP contribution >= 0.6 is 11.6 Å². The van der Waals surface area contributed by atoms with Crippen molar-refractivity contribution in [1.29, 1.82) is 5.26 Å². The summed E-state index contributed by atoms with van der Waals surface area (Å²) in [5.74, 6) is 3.41. The van der Waals surface area contributed by atoms with Gasteiger partial charge in [-0.1, -0.05) is 47.7 Å². The maximum atomic E-state index is 13.0. The molecule has 4 aromatic rings. The molecule has 2 heterocycles. The van der Waals surface area contributed by atoms with Crippen LogP contribution in [0.25, 0.3) is 22.0 Å². The van der Waals surface area contributed by atoms with Gasteiger partial charge < -0.3 is 10.2 Å². The molecule has 36 heavy (non-hydrogen) atoms. The lowest BCUT2D eigenvalue weighted by Crippen LogP contribution is -2.24. The number of carbonyl (C=O) groups is 2. The lowest BCUT2D eigenvalue weighted by Gasteiger charge is -2.12. The van der Waals surface area contributed by atoms with Crippen LogP contribution in [0.3, 0.4) is 0 Å². The van der Waals surface area contributed by atoms with Crippen molar-refractivity contribution in [2.24, 2.45) is 0 Å². The molecule has 0 saturated heterocycles. The van der Waals surface area contributed by atoms with Crippen molar-refractivity contribution in [2.45, 2.75) is 13.5 Å². The first-order valence-electron chi connectivity index (χ1n) is 10.4. The van der Waals surface area contributed by atoms with Gasteiger partial charge in [0.05, 0.1) is 45.4 Å². The van der Waals surface area contributed by atoms with E-state index in [1.165, 1.54) is 29.1 Å². The number of fused-ring (bicyclic) bond motifs is 1. The predicted molar refractivity (Wildman–Crippen MR) is 131 cm³/mol. The Labute approximate surface area is 208 Å². The largest absolute Gasteiger partial charge is 0.478 e. The smallest absolute Gasteiger partial charge is 0.338 e. The average Bonchev–Trinajstić information content (AvgIpc) is 2.85. The molecule has 0 aliphatic heterocycles. The first kappa shape index (κ1) is 24.1. The number of halogens is 1. The van der Waals surface area contributed by atoms with Gasteiger partial charge >= 0.3 is 11.9 Å². The molecule has 0 amide bonds. The molecule has 0 aliphatic carbocycles. The highest BCUT2D eigenvalue weighted by atomic mass is 35.5. The van der Waals surface area contributed by atoms with Gasteiger partial charge in [-0.2, -0.15) is 5.26 Å². The van der Waals surface area contributed by atoms with E-state index >= 15 is 0 Å². The van der Waals surface area contributed by atoms with E-state index in [9.17, 15) is 29.9 Å². The Morgan fingerprint density at radius 2 is 1.81 bits per heavy atom. The van der Waals surface area contributed by atoms with Crippen molar-refractivity contribution in [3.05, 3.63) is 92.2 Å². The van der Waals surface area contributed by atoms with Crippen molar-refractivity contribution in [2.75, 3.05) is 0 Å². The minimum Gasteiger partial charge on any atom is -0.478 e. The molecule has 2 N–H and O–H groups in total. The SMILES string of the molecule is Cc1nc2cncc(C#N)c2c(=O)n1CC#Cc1ccccc1-c1ccc(C(=O)O)c(C(=O)O)c1Cl. The molecule has 2 aromatic heterocycles. The summed E-state index contributed by atoms with van der Waals surface area (Å²) in [5.41, 5.74) is 0.356. The van der Waals surface area contributed by atoms with Gasteiger partial charge in [0.1, 0.15) is 11.9 Å². The molecule has 4 rings (SSSR count). The zero-order valence-corrected chi connectivity index (χ0v) is 19.4. The van der Waals surface area contributed by atoms with Crippen LogP contribution in [0, 0.1) is 30.1 Å². The standard InChI is InChI=1S/C26H15ClN4O5/c1-14-30-20-13-29-12-16(11-28)21(20)24(32)31(14)10-4-6-15-5-2-3-7-17(15)18-8-9-19(25(33)34)22(23(18)27)26(35)36/h2-3,5,7-9,12-13H,10H2,1H3,(H,33,34)(H,35,36). The molecule has 176 valence electrons. The quantitative estimate of drug-likeness (QED) is 0.404. The summed E-state index contributed by atoms with van der Waals surface area (Å²) in [4.78, 5) is 44.5. The van der Waals surface area contributed by atoms with Crippen LogP contribution in [-0.2, 0) is 6.54 Å². The van der Waals surface area contributed by atoms with Gasteiger partial charge in [-0.25, -0.2) is 14.6 Å². The average molecular weight is 499 g/mol. The van der Waals surface area contributed by atoms with Crippen LogP contribution in [0.15, 0.2) is 53.6 Å². The lowest BCUT2D eigenvalue weighted by atomic mass is 9.95. The number of carboxylic acid groups (broad SMARTS) is 2. The van der Waals surface area contributed by atoms with Crippen molar-refractivity contribution in [3.63, 3.8) is 0 Å². The number of aryl methyl sites for hydroxylation is 1. The number of pyridine rings is 1. The van der Waals surface area contributed by atoms with Gasteiger partial charge in [-0.05, 0) is 24.6 Å². The third-order valence-corrected chi connectivity index (χ3v) is 5.83. The second kappa shape index (κ2) is 9.71. The van der Waals surface area contributed by atoms with Crippen molar-refractivity contribution in [1.82, 2.24) is 14.5 Å². The second-order valence-corrected chi connectivity index (χ2v) is 7.93. The normalized spacial score (nSPS) is 10.4. The van der Waals surface area contributed by atoms with E-state index < -0.39 is 28.6 Å². The number of rotatable bonds is 4. The van der Waals surface area contributed by atoms with Gasteiger partial charge in [0.15, 0.2) is 0 Å². The fourth-order valence-corrected chi connectivity index (χ4v) is 4.11. The minimum atomic E-state index is -1.46. The van der Waals surface area contributed by atoms with Crippen molar-refractivity contribution >= 4 is 34.4 Å². The summed E-state index contributed by atoms with van der Waals surface area (Å²) in [6, 6.07) is 11.4. The first-order valence-corrected chi connectivity index (χ1v) is 10.7. The highest BCUT2D eigenvalue weighted by molar-refractivity contribution is 6.37. The topological polar surface area (TPSA) is 146 Å². The summed E-state index contributed by atoms with van der Waals surface area (Å²) in [7, 11) is 0. The molecule has 9 nitrogen and oxygen atoms in total. The van der Waals surface area contributed by atoms with E-state index in [1.807, 2.05) is 6.07 Å². The molecule has 0 unspecified atom stereocenters. The third-order valence-electron chi connectivity index (χ3n) is 5.44. The minimum absolute atomic E-state index is 0.0266. The number of benzene rings is 2. The summed E-state index contributed by atoms with van der Waals surface area (Å²) in [6.45, 7) is 1.62. The van der Waals surface area contributed by atoms with Crippen LogP contribution in [0.4, 0.5) is 0 Å². The van der Waals surface area contributed by atoms with E-state index in [0.717, 1.165) is 0 Å². The lowest BCUT2D eigenvalue weighted by molar-refractivity contribution is 0.0651. The fraction of sp³-hybridized carbons (Fsp3) is 0.0769. The van der Waals surface area contributed by atoms with Crippen molar-refractivity contribution in [3.8, 4) is 29.0 Å². The number of aromatic nitrogens is 3. The zero-order chi connectivity index (χ0) is 26.0. The van der Waals surface area contributed by atoms with Crippen LogP contribution < -0.4 is 5.56 Å². The van der Waals surface area contributed by atoms with E-state index in [4.69, 9.17) is 11.6 Å². The molecular formula is C26H15ClN4O5. The zero-order valence-electron chi connectivity index (χ0n) is 18.6. The van der Waals surface area contributed by atoms with Crippen LogP contribution in [0.2, 0.25) is 5.02 Å². The summed E-state index contributed by atoms with van der Waals surface area (Å²) >= 11 is 6.34. The number of nitrogens with zero attached hydrogens (tertiary/aromatic N) is 4. The monoisotopic (exact) mass is 498 g/mol. The maximum absolute atomic E-state index is 13.0. The fourth-order valence-electron chi connectivity index (χ4n) is 3.76. The van der Waals surface area contributed by atoms with Gasteiger partial charge in [0.25, 0.3) is 5.56 Å². The summed E-state index contributed by atoms with van der Waals surface area (Å²) in [6.07, 6.45) is 2.72. The molecule has 0 fully saturated rings. The molecule has 0 bridgehead atoms. The predicted octanol–water partition coefficient (Wildman–Crippen LogP) is 3.74. The summed E-state index contributed by atoms with van der Waals surface area (Å²) < 4.78 is 1.34. The highest BCUT2D eigenvalue weighted by Gasteiger charge is 2.23.